The van der Waals surface area contributed by atoms with Crippen LogP contribution >= 0.6 is 15.9 Å². The molecule has 0 radical (unpaired) electrons. The number of hydrogen-bond acceptors (Lipinski definition) is 1. The van der Waals surface area contributed by atoms with E-state index in [0.717, 1.165) is 16.8 Å². The Morgan fingerprint density at radius 3 is 1.87 bits per heavy atom. The van der Waals surface area contributed by atoms with Gasteiger partial charge < -0.3 is 4.74 Å². The van der Waals surface area contributed by atoms with Crippen molar-refractivity contribution in [2.24, 2.45) is 0 Å². The van der Waals surface area contributed by atoms with Crippen molar-refractivity contribution in [3.63, 3.8) is 0 Å². The number of para-hydroxylation sites is 1. The summed E-state index contributed by atoms with van der Waals surface area (Å²) in [4.78, 5) is 0. The Hall–Kier alpha value is -1.28. The second kappa shape index (κ2) is 4.99. The normalized spacial score (nSPS) is 11.3. The summed E-state index contributed by atoms with van der Waals surface area (Å²) in [5, 5.41) is 0. The van der Waals surface area contributed by atoms with Crippen LogP contribution in [-0.4, -0.2) is 0 Å². The molecule has 2 heteroatoms. The van der Waals surface area contributed by atoms with Crippen molar-refractivity contribution in [1.82, 2.24) is 0 Å². The highest BCUT2D eigenvalue weighted by atomic mass is 79.9. The lowest BCUT2D eigenvalue weighted by Gasteiger charge is -2.18. The molecule has 0 saturated heterocycles. The molecule has 3 rings (SSSR count). The summed E-state index contributed by atoms with van der Waals surface area (Å²) < 4.78 is 6.21. The monoisotopic (exact) mass is 262 g/mol. The first-order valence-corrected chi connectivity index (χ1v) is 5.57. The minimum atomic E-state index is 0.802. The fourth-order valence-corrected chi connectivity index (χ4v) is 1.56. The van der Waals surface area contributed by atoms with E-state index in [9.17, 15) is 0 Å². The maximum absolute atomic E-state index is 5.08. The highest BCUT2D eigenvalue weighted by Gasteiger charge is 2.10. The first kappa shape index (κ1) is 10.2. The lowest BCUT2D eigenvalue weighted by atomic mass is 10.1. The molecule has 1 heterocycles. The predicted octanol–water partition coefficient (Wildman–Crippen LogP) is 4.03. The van der Waals surface area contributed by atoms with E-state index in [4.69, 9.17) is 4.74 Å². The van der Waals surface area contributed by atoms with Gasteiger partial charge in [-0.05, 0) is 18.2 Å². The van der Waals surface area contributed by atoms with Crippen molar-refractivity contribution in [3.05, 3.63) is 64.6 Å². The molecule has 1 aliphatic heterocycles. The van der Waals surface area contributed by atoms with Gasteiger partial charge in [-0.1, -0.05) is 52.3 Å². The fraction of sp³-hybridized carbons (Fsp3) is 0.0769. The highest BCUT2D eigenvalue weighted by Crippen LogP contribution is 2.27. The van der Waals surface area contributed by atoms with Crippen LogP contribution in [0.15, 0.2) is 59.1 Å². The van der Waals surface area contributed by atoms with Gasteiger partial charge in [0.25, 0.3) is 0 Å². The maximum Gasteiger partial charge on any atom is 0.126 e. The van der Waals surface area contributed by atoms with E-state index >= 15 is 0 Å². The third-order valence-electron chi connectivity index (χ3n) is 2.09. The molecule has 2 aromatic rings. The van der Waals surface area contributed by atoms with Crippen molar-refractivity contribution < 1.29 is 4.74 Å². The van der Waals surface area contributed by atoms with E-state index in [0.29, 0.717) is 0 Å². The number of hydrogen-bond donors (Lipinski definition) is 0. The summed E-state index contributed by atoms with van der Waals surface area (Å²) in [6.45, 7) is 0.802. The van der Waals surface area contributed by atoms with Gasteiger partial charge >= 0.3 is 0 Å². The third-order valence-corrected chi connectivity index (χ3v) is 2.62. The molecule has 15 heavy (non-hydrogen) atoms. The van der Waals surface area contributed by atoms with Crippen LogP contribution in [0.5, 0.6) is 5.75 Å². The number of benzene rings is 2. The van der Waals surface area contributed by atoms with Crippen molar-refractivity contribution in [2.75, 3.05) is 0 Å². The molecule has 0 N–H and O–H groups in total. The maximum atomic E-state index is 5.08. The number of rotatable bonds is 0. The average Bonchev–Trinajstić information content (AvgIpc) is 2.22. The molecule has 0 aliphatic carbocycles. The standard InChI is InChI=1S/C7H6O.C6H5Br/c1-2-4-7-6(3-1)5-8-7;7-6-4-2-1-3-5-6/h1-4H,5H2;1-5H. The topological polar surface area (TPSA) is 9.23 Å². The van der Waals surface area contributed by atoms with Gasteiger partial charge in [-0.3, -0.25) is 0 Å². The van der Waals surface area contributed by atoms with Crippen LogP contribution in [0.2, 0.25) is 0 Å². The van der Waals surface area contributed by atoms with Crippen LogP contribution in [0.25, 0.3) is 0 Å². The molecule has 0 amide bonds. The van der Waals surface area contributed by atoms with Gasteiger partial charge in [0.05, 0.1) is 0 Å². The van der Waals surface area contributed by atoms with Gasteiger partial charge in [-0.2, -0.15) is 0 Å². The van der Waals surface area contributed by atoms with Crippen molar-refractivity contribution >= 4 is 15.9 Å². The molecule has 0 unspecified atom stereocenters. The Kier molecular flexibility index (Phi) is 3.41. The van der Waals surface area contributed by atoms with Gasteiger partial charge in [0, 0.05) is 10.0 Å². The molecular formula is C13H11BrO. The van der Waals surface area contributed by atoms with Crippen LogP contribution in [0, 0.1) is 0 Å². The highest BCUT2D eigenvalue weighted by molar-refractivity contribution is 9.10. The summed E-state index contributed by atoms with van der Waals surface area (Å²) >= 11 is 3.31. The number of fused-ring (bicyclic) bond motifs is 1. The molecule has 2 aromatic carbocycles. The van der Waals surface area contributed by atoms with Crippen molar-refractivity contribution in [2.45, 2.75) is 6.61 Å². The fourth-order valence-electron chi connectivity index (χ4n) is 1.25. The van der Waals surface area contributed by atoms with Crippen molar-refractivity contribution in [3.8, 4) is 5.75 Å². The van der Waals surface area contributed by atoms with Crippen LogP contribution in [0.1, 0.15) is 5.56 Å². The second-order valence-electron chi connectivity index (χ2n) is 3.19. The molecule has 0 saturated carbocycles. The molecule has 0 aromatic heterocycles. The lowest BCUT2D eigenvalue weighted by Crippen LogP contribution is -2.07. The van der Waals surface area contributed by atoms with Gasteiger partial charge in [-0.15, -0.1) is 0 Å². The Labute approximate surface area is 97.8 Å². The van der Waals surface area contributed by atoms with Crippen molar-refractivity contribution in [1.29, 1.82) is 0 Å². The Balaban J connectivity index is 0.000000115. The third kappa shape index (κ3) is 2.83. The summed E-state index contributed by atoms with van der Waals surface area (Å²) in [6.07, 6.45) is 0. The first-order chi connectivity index (χ1) is 7.36. The van der Waals surface area contributed by atoms with Gasteiger partial charge in [-0.25, -0.2) is 0 Å². The summed E-state index contributed by atoms with van der Waals surface area (Å²) in [5.74, 6) is 1.05. The lowest BCUT2D eigenvalue weighted by molar-refractivity contribution is 0.243. The average molecular weight is 263 g/mol. The van der Waals surface area contributed by atoms with Gasteiger partial charge in [0.15, 0.2) is 0 Å². The van der Waals surface area contributed by atoms with E-state index in [1.54, 1.807) is 0 Å². The molecule has 0 bridgehead atoms. The van der Waals surface area contributed by atoms with Crippen LogP contribution in [0.3, 0.4) is 0 Å². The largest absolute Gasteiger partial charge is 0.488 e. The smallest absolute Gasteiger partial charge is 0.126 e. The Bertz CT molecular complexity index is 403. The predicted molar refractivity (Wildman–Crippen MR) is 64.9 cm³/mol. The zero-order chi connectivity index (χ0) is 10.5. The van der Waals surface area contributed by atoms with E-state index in [1.165, 1.54) is 5.56 Å². The van der Waals surface area contributed by atoms with Gasteiger partial charge in [0.2, 0.25) is 0 Å². The molecule has 1 nitrogen and oxygen atoms in total. The van der Waals surface area contributed by atoms with E-state index in [2.05, 4.69) is 22.0 Å². The summed E-state index contributed by atoms with van der Waals surface area (Å²) in [6, 6.07) is 18.1. The summed E-state index contributed by atoms with van der Waals surface area (Å²) in [5.41, 5.74) is 1.33. The molecule has 0 fully saturated rings. The van der Waals surface area contributed by atoms with Crippen LogP contribution in [-0.2, 0) is 6.61 Å². The van der Waals surface area contributed by atoms with Crippen LogP contribution in [0.4, 0.5) is 0 Å². The molecule has 0 spiro atoms. The minimum absolute atomic E-state index is 0.802. The molecule has 76 valence electrons. The molecule has 1 aliphatic rings. The van der Waals surface area contributed by atoms with E-state index < -0.39 is 0 Å². The number of halogens is 1. The Morgan fingerprint density at radius 2 is 1.53 bits per heavy atom. The number of ether oxygens (including phenoxy) is 1. The second-order valence-corrected chi connectivity index (χ2v) is 4.11. The Morgan fingerprint density at radius 1 is 0.867 bits per heavy atom. The molecule has 0 atom stereocenters. The summed E-state index contributed by atoms with van der Waals surface area (Å²) in [7, 11) is 0. The van der Waals surface area contributed by atoms with E-state index in [-0.39, 0.29) is 0 Å². The minimum Gasteiger partial charge on any atom is -0.488 e. The zero-order valence-corrected chi connectivity index (χ0v) is 9.78. The van der Waals surface area contributed by atoms with Gasteiger partial charge in [0.1, 0.15) is 12.4 Å². The SMILES string of the molecule is Brc1ccccc1.c1ccc2c(c1)CO2. The van der Waals surface area contributed by atoms with E-state index in [1.807, 2.05) is 48.5 Å². The first-order valence-electron chi connectivity index (χ1n) is 4.77. The van der Waals surface area contributed by atoms with Crippen LogP contribution < -0.4 is 4.74 Å². The molecular weight excluding hydrogens is 252 g/mol. The quantitative estimate of drug-likeness (QED) is 0.697. The zero-order valence-electron chi connectivity index (χ0n) is 8.19.